The van der Waals surface area contributed by atoms with Crippen LogP contribution in [0.25, 0.3) is 0 Å². The largest absolute Gasteiger partial charge is 0.346 e. The van der Waals surface area contributed by atoms with Crippen molar-refractivity contribution in [3.63, 3.8) is 0 Å². The van der Waals surface area contributed by atoms with E-state index in [1.165, 1.54) is 13.0 Å². The number of sulfone groups is 1. The van der Waals surface area contributed by atoms with Gasteiger partial charge in [0, 0.05) is 40.3 Å². The van der Waals surface area contributed by atoms with Gasteiger partial charge in [0.05, 0.1) is 11.3 Å². The van der Waals surface area contributed by atoms with Crippen LogP contribution in [0, 0.1) is 17.6 Å². The van der Waals surface area contributed by atoms with Crippen molar-refractivity contribution in [1.82, 2.24) is 5.32 Å². The summed E-state index contributed by atoms with van der Waals surface area (Å²) in [5.41, 5.74) is 0.531. The number of amides is 1. The number of halogens is 3. The van der Waals surface area contributed by atoms with E-state index < -0.39 is 39.0 Å². The topological polar surface area (TPSA) is 75.6 Å². The van der Waals surface area contributed by atoms with Gasteiger partial charge in [-0.3, -0.25) is 4.79 Å². The van der Waals surface area contributed by atoms with E-state index in [1.807, 2.05) is 0 Å². The summed E-state index contributed by atoms with van der Waals surface area (Å²) in [7, 11) is -3.37. The standard InChI is InChI=1S/C22H21ClF2N2O3S/c1-13(9-10-31(2,29)30)26-22(28)16-11-19(25)20(12-18(16)24)27-21(14-7-8-14)15-5-3-4-6-17(15)23/h3-6,9-14H,7-8H2,1-2H3,(H,26,28)/b10-9+,27-21?/t13-/m1/s1. The molecule has 0 saturated heterocycles. The van der Waals surface area contributed by atoms with Gasteiger partial charge in [-0.1, -0.05) is 35.9 Å². The lowest BCUT2D eigenvalue weighted by Crippen LogP contribution is -2.32. The van der Waals surface area contributed by atoms with Crippen molar-refractivity contribution in [2.75, 3.05) is 6.26 Å². The van der Waals surface area contributed by atoms with Crippen LogP contribution in [0.15, 0.2) is 52.9 Å². The first-order valence-electron chi connectivity index (χ1n) is 9.57. The van der Waals surface area contributed by atoms with E-state index >= 15 is 0 Å². The number of aliphatic imine (C=N–C) groups is 1. The zero-order valence-electron chi connectivity index (χ0n) is 16.9. The van der Waals surface area contributed by atoms with Crippen LogP contribution in [-0.2, 0) is 9.84 Å². The first-order valence-corrected chi connectivity index (χ1v) is 11.9. The summed E-state index contributed by atoms with van der Waals surface area (Å²) < 4.78 is 51.7. The Morgan fingerprint density at radius 3 is 2.48 bits per heavy atom. The Balaban J connectivity index is 1.88. The summed E-state index contributed by atoms with van der Waals surface area (Å²) in [6.45, 7) is 1.51. The van der Waals surface area contributed by atoms with E-state index in [0.29, 0.717) is 16.3 Å². The number of nitrogens with zero attached hydrogens (tertiary/aromatic N) is 1. The van der Waals surface area contributed by atoms with Gasteiger partial charge in [-0.05, 0) is 31.9 Å². The third-order valence-electron chi connectivity index (χ3n) is 4.61. The Bertz CT molecular complexity index is 1180. The fraction of sp³-hybridized carbons (Fsp3) is 0.273. The molecule has 0 aromatic heterocycles. The molecule has 0 aliphatic heterocycles. The van der Waals surface area contributed by atoms with E-state index in [2.05, 4.69) is 10.3 Å². The maximum Gasteiger partial charge on any atom is 0.254 e. The Kier molecular flexibility index (Phi) is 6.91. The lowest BCUT2D eigenvalue weighted by atomic mass is 10.1. The minimum Gasteiger partial charge on any atom is -0.346 e. The molecule has 2 aromatic carbocycles. The molecule has 0 spiro atoms. The van der Waals surface area contributed by atoms with Crippen LogP contribution in [-0.4, -0.2) is 32.3 Å². The third-order valence-corrected chi connectivity index (χ3v) is 5.59. The van der Waals surface area contributed by atoms with E-state index in [1.54, 1.807) is 24.3 Å². The predicted octanol–water partition coefficient (Wildman–Crippen LogP) is 4.83. The molecule has 1 N–H and O–H groups in total. The molecule has 0 bridgehead atoms. The molecule has 3 rings (SSSR count). The smallest absolute Gasteiger partial charge is 0.254 e. The van der Waals surface area contributed by atoms with E-state index in [0.717, 1.165) is 36.6 Å². The number of carbonyl (C=O) groups excluding carboxylic acids is 1. The monoisotopic (exact) mass is 466 g/mol. The highest BCUT2D eigenvalue weighted by Crippen LogP contribution is 2.37. The van der Waals surface area contributed by atoms with Crippen molar-refractivity contribution in [2.24, 2.45) is 10.9 Å². The first-order chi connectivity index (χ1) is 14.5. The van der Waals surface area contributed by atoms with Crippen LogP contribution in [0.5, 0.6) is 0 Å². The van der Waals surface area contributed by atoms with Crippen molar-refractivity contribution in [2.45, 2.75) is 25.8 Å². The number of nitrogens with one attached hydrogen (secondary N) is 1. The van der Waals surface area contributed by atoms with Crippen molar-refractivity contribution in [3.8, 4) is 0 Å². The summed E-state index contributed by atoms with van der Waals surface area (Å²) >= 11 is 6.25. The molecule has 1 amide bonds. The second-order valence-electron chi connectivity index (χ2n) is 7.45. The van der Waals surface area contributed by atoms with Gasteiger partial charge in [0.1, 0.15) is 17.3 Å². The molecule has 0 unspecified atom stereocenters. The van der Waals surface area contributed by atoms with Gasteiger partial charge in [0.2, 0.25) is 0 Å². The number of rotatable bonds is 7. The summed E-state index contributed by atoms with van der Waals surface area (Å²) in [5, 5.41) is 3.81. The highest BCUT2D eigenvalue weighted by atomic mass is 35.5. The van der Waals surface area contributed by atoms with Crippen LogP contribution >= 0.6 is 11.6 Å². The normalized spacial score (nSPS) is 15.8. The molecular weight excluding hydrogens is 446 g/mol. The lowest BCUT2D eigenvalue weighted by molar-refractivity contribution is 0.0942. The van der Waals surface area contributed by atoms with Gasteiger partial charge >= 0.3 is 0 Å². The van der Waals surface area contributed by atoms with Crippen LogP contribution in [0.1, 0.15) is 35.7 Å². The molecule has 1 saturated carbocycles. The summed E-state index contributed by atoms with van der Waals surface area (Å²) in [6.07, 6.45) is 4.01. The molecule has 1 fully saturated rings. The summed E-state index contributed by atoms with van der Waals surface area (Å²) in [6, 6.07) is 8.01. The Morgan fingerprint density at radius 2 is 1.87 bits per heavy atom. The Hall–Kier alpha value is -2.58. The second-order valence-corrected chi connectivity index (χ2v) is 9.79. The number of benzene rings is 2. The zero-order valence-corrected chi connectivity index (χ0v) is 18.5. The lowest BCUT2D eigenvalue weighted by Gasteiger charge is -2.12. The van der Waals surface area contributed by atoms with Crippen molar-refractivity contribution in [1.29, 1.82) is 0 Å². The average molecular weight is 467 g/mol. The van der Waals surface area contributed by atoms with Gasteiger partial charge in [0.15, 0.2) is 9.84 Å². The number of hydrogen-bond donors (Lipinski definition) is 1. The zero-order chi connectivity index (χ0) is 22.8. The van der Waals surface area contributed by atoms with Gasteiger partial charge in [-0.15, -0.1) is 0 Å². The molecule has 164 valence electrons. The van der Waals surface area contributed by atoms with Crippen molar-refractivity contribution >= 4 is 38.7 Å². The fourth-order valence-corrected chi connectivity index (χ4v) is 3.67. The first kappa shape index (κ1) is 23.1. The minimum absolute atomic E-state index is 0.118. The molecule has 1 aliphatic rings. The Morgan fingerprint density at radius 1 is 1.19 bits per heavy atom. The summed E-state index contributed by atoms with van der Waals surface area (Å²) in [5.74, 6) is -2.54. The molecular formula is C22H21ClF2N2O3S. The maximum absolute atomic E-state index is 14.7. The third kappa shape index (κ3) is 6.21. The van der Waals surface area contributed by atoms with Gasteiger partial charge in [-0.2, -0.15) is 0 Å². The number of carbonyl (C=O) groups is 1. The van der Waals surface area contributed by atoms with Crippen LogP contribution in [0.3, 0.4) is 0 Å². The van der Waals surface area contributed by atoms with Crippen molar-refractivity contribution < 1.29 is 22.0 Å². The molecule has 2 aromatic rings. The van der Waals surface area contributed by atoms with E-state index in [9.17, 15) is 22.0 Å². The fourth-order valence-electron chi connectivity index (χ4n) is 2.92. The summed E-state index contributed by atoms with van der Waals surface area (Å²) in [4.78, 5) is 16.7. The molecule has 5 nitrogen and oxygen atoms in total. The molecule has 0 radical (unpaired) electrons. The quantitative estimate of drug-likeness (QED) is 0.594. The average Bonchev–Trinajstić information content (AvgIpc) is 3.52. The number of hydrogen-bond acceptors (Lipinski definition) is 4. The highest BCUT2D eigenvalue weighted by molar-refractivity contribution is 7.93. The van der Waals surface area contributed by atoms with E-state index in [4.69, 9.17) is 11.6 Å². The molecule has 1 aliphatic carbocycles. The maximum atomic E-state index is 14.7. The van der Waals surface area contributed by atoms with Gasteiger partial charge < -0.3 is 5.32 Å². The SMILES string of the molecule is C[C@H](/C=C/S(C)(=O)=O)NC(=O)c1cc(F)c(N=C(c2ccccc2Cl)C2CC2)cc1F. The molecule has 1 atom stereocenters. The van der Waals surface area contributed by atoms with Crippen molar-refractivity contribution in [3.05, 3.63) is 75.7 Å². The van der Waals surface area contributed by atoms with Gasteiger partial charge in [-0.25, -0.2) is 22.2 Å². The van der Waals surface area contributed by atoms with Gasteiger partial charge in [0.25, 0.3) is 5.91 Å². The second kappa shape index (κ2) is 9.28. The highest BCUT2D eigenvalue weighted by Gasteiger charge is 2.30. The minimum atomic E-state index is -3.37. The molecule has 9 heteroatoms. The van der Waals surface area contributed by atoms with E-state index in [-0.39, 0.29) is 11.6 Å². The molecule has 0 heterocycles. The van der Waals surface area contributed by atoms with Crippen LogP contribution in [0.2, 0.25) is 5.02 Å². The predicted molar refractivity (Wildman–Crippen MR) is 118 cm³/mol. The molecule has 31 heavy (non-hydrogen) atoms. The van der Waals surface area contributed by atoms with Crippen LogP contribution < -0.4 is 5.32 Å². The van der Waals surface area contributed by atoms with Crippen LogP contribution in [0.4, 0.5) is 14.5 Å². The Labute approximate surface area is 184 Å².